The Bertz CT molecular complexity index is 1660. The Morgan fingerprint density at radius 1 is 1.05 bits per heavy atom. The molecule has 2 N–H and O–H groups in total. The van der Waals surface area contributed by atoms with Crippen LogP contribution < -0.4 is 15.0 Å². The van der Waals surface area contributed by atoms with Gasteiger partial charge in [0.2, 0.25) is 10.0 Å². The molecule has 1 amide bonds. The minimum absolute atomic E-state index is 0.174. The molecular weight excluding hydrogens is 559 g/mol. The molecule has 0 aliphatic rings. The summed E-state index contributed by atoms with van der Waals surface area (Å²) < 4.78 is 46.1. The number of pyridine rings is 1. The highest BCUT2D eigenvalue weighted by atomic mass is 32.2. The number of anilines is 1. The lowest BCUT2D eigenvalue weighted by Gasteiger charge is -2.25. The number of rotatable bonds is 10. The van der Waals surface area contributed by atoms with E-state index in [1.165, 1.54) is 12.1 Å². The summed E-state index contributed by atoms with van der Waals surface area (Å²) in [6, 6.07) is 9.50. The Morgan fingerprint density at radius 3 is 2.31 bits per heavy atom. The maximum absolute atomic E-state index is 14.1. The molecule has 9 nitrogen and oxygen atoms in total. The predicted molar refractivity (Wildman–Crippen MR) is 167 cm³/mol. The zero-order chi connectivity index (χ0) is 31.4. The van der Waals surface area contributed by atoms with Crippen molar-refractivity contribution in [1.29, 1.82) is 0 Å². The molecule has 0 unspecified atom stereocenters. The number of nitrogens with one attached hydrogen (secondary N) is 2. The summed E-state index contributed by atoms with van der Waals surface area (Å²) in [4.78, 5) is 32.1. The molecule has 0 aliphatic heterocycles. The number of ether oxygens (including phenoxy) is 1. The Labute approximate surface area is 247 Å². The van der Waals surface area contributed by atoms with Crippen molar-refractivity contribution >= 4 is 33.8 Å². The summed E-state index contributed by atoms with van der Waals surface area (Å²) in [7, 11) is 3.50. The first-order valence-electron chi connectivity index (χ1n) is 13.3. The zero-order valence-corrected chi connectivity index (χ0v) is 26.1. The number of aromatic nitrogens is 1. The number of aromatic amines is 1. The lowest BCUT2D eigenvalue weighted by molar-refractivity contribution is 0.0786. The van der Waals surface area contributed by atoms with Gasteiger partial charge < -0.3 is 19.5 Å². The number of likely N-dealkylation sites (N-methyl/N-ethyl adjacent to an activating group) is 2. The van der Waals surface area contributed by atoms with E-state index in [2.05, 4.69) is 9.71 Å². The van der Waals surface area contributed by atoms with Crippen LogP contribution in [0.3, 0.4) is 0 Å². The normalized spacial score (nSPS) is 12.1. The van der Waals surface area contributed by atoms with Crippen molar-refractivity contribution < 1.29 is 22.3 Å². The van der Waals surface area contributed by atoms with Crippen LogP contribution in [0.15, 0.2) is 47.4 Å². The molecule has 1 heterocycles. The van der Waals surface area contributed by atoms with E-state index < -0.39 is 21.4 Å². The van der Waals surface area contributed by atoms with E-state index in [4.69, 9.17) is 4.74 Å². The van der Waals surface area contributed by atoms with Crippen LogP contribution in [-0.2, 0) is 15.4 Å². The minimum Gasteiger partial charge on any atom is -0.496 e. The highest BCUT2D eigenvalue weighted by Gasteiger charge is 2.23. The average molecular weight is 599 g/mol. The van der Waals surface area contributed by atoms with Crippen LogP contribution in [-0.4, -0.2) is 76.7 Å². The number of nitrogens with zero attached hydrogens (tertiary/aromatic N) is 2. The van der Waals surface area contributed by atoms with E-state index in [0.717, 1.165) is 18.0 Å². The van der Waals surface area contributed by atoms with Gasteiger partial charge in [-0.15, -0.1) is 0 Å². The van der Waals surface area contributed by atoms with E-state index in [1.54, 1.807) is 49.4 Å². The van der Waals surface area contributed by atoms with E-state index in [-0.39, 0.29) is 22.6 Å². The molecule has 0 saturated heterocycles. The summed E-state index contributed by atoms with van der Waals surface area (Å²) >= 11 is 0. The van der Waals surface area contributed by atoms with Gasteiger partial charge in [0.05, 0.1) is 13.4 Å². The molecule has 0 spiro atoms. The summed E-state index contributed by atoms with van der Waals surface area (Å²) in [6.07, 6.45) is 5.56. The fraction of sp³-hybridized carbons (Fsp3) is 0.355. The molecule has 0 aliphatic carbocycles. The Hall–Kier alpha value is -3.96. The molecule has 0 atom stereocenters. The van der Waals surface area contributed by atoms with Crippen molar-refractivity contribution in [2.75, 3.05) is 52.3 Å². The van der Waals surface area contributed by atoms with Gasteiger partial charge in [-0.25, -0.2) is 12.8 Å². The van der Waals surface area contributed by atoms with Gasteiger partial charge in [0, 0.05) is 54.3 Å². The van der Waals surface area contributed by atoms with Gasteiger partial charge in [-0.1, -0.05) is 39.0 Å². The number of amides is 1. The molecule has 1 aromatic heterocycles. The third kappa shape index (κ3) is 8.29. The smallest absolute Gasteiger partial charge is 0.256 e. The van der Waals surface area contributed by atoms with Gasteiger partial charge in [0.1, 0.15) is 11.6 Å². The Balaban J connectivity index is 2.20. The number of halogens is 1. The quantitative estimate of drug-likeness (QED) is 0.329. The average Bonchev–Trinajstić information content (AvgIpc) is 2.89. The van der Waals surface area contributed by atoms with Crippen LogP contribution in [0.25, 0.3) is 23.3 Å². The Morgan fingerprint density at radius 2 is 1.71 bits per heavy atom. The van der Waals surface area contributed by atoms with Crippen molar-refractivity contribution in [3.8, 4) is 16.9 Å². The molecule has 3 aromatic rings. The van der Waals surface area contributed by atoms with Gasteiger partial charge >= 0.3 is 0 Å². The van der Waals surface area contributed by atoms with Crippen molar-refractivity contribution in [1.82, 2.24) is 14.8 Å². The second-order valence-corrected chi connectivity index (χ2v) is 13.2. The predicted octanol–water partition coefficient (Wildman–Crippen LogP) is 4.66. The first-order chi connectivity index (χ1) is 19.5. The number of benzene rings is 2. The van der Waals surface area contributed by atoms with Crippen molar-refractivity contribution in [3.05, 3.63) is 81.0 Å². The topological polar surface area (TPSA) is 112 Å². The second kappa shape index (κ2) is 12.9. The number of carbonyl (C=O) groups is 1. The van der Waals surface area contributed by atoms with Crippen LogP contribution in [0.1, 0.15) is 47.8 Å². The second-order valence-electron chi connectivity index (χ2n) is 11.5. The Kier molecular flexibility index (Phi) is 10.0. The number of hydrogen-bond donors (Lipinski definition) is 2. The monoisotopic (exact) mass is 598 g/mol. The van der Waals surface area contributed by atoms with Crippen LogP contribution in [0, 0.1) is 5.82 Å². The van der Waals surface area contributed by atoms with Crippen LogP contribution in [0.5, 0.6) is 5.75 Å². The van der Waals surface area contributed by atoms with E-state index in [9.17, 15) is 22.4 Å². The summed E-state index contributed by atoms with van der Waals surface area (Å²) in [6.45, 7) is 7.13. The van der Waals surface area contributed by atoms with Gasteiger partial charge in [0.15, 0.2) is 0 Å². The largest absolute Gasteiger partial charge is 0.496 e. The molecule has 0 radical (unpaired) electrons. The molecule has 0 fully saturated rings. The molecular formula is C31H39FN4O5S. The number of methoxy groups -OCH3 is 1. The third-order valence-corrected chi connectivity index (χ3v) is 7.17. The molecule has 42 heavy (non-hydrogen) atoms. The lowest BCUT2D eigenvalue weighted by Crippen LogP contribution is -2.33. The van der Waals surface area contributed by atoms with Crippen LogP contribution >= 0.6 is 0 Å². The number of carbonyl (C=O) groups excluding carboxylic acids is 1. The van der Waals surface area contributed by atoms with Crippen LogP contribution in [0.2, 0.25) is 0 Å². The van der Waals surface area contributed by atoms with Gasteiger partial charge in [0.25, 0.3) is 11.5 Å². The lowest BCUT2D eigenvalue weighted by atomic mass is 9.83. The zero-order valence-electron chi connectivity index (χ0n) is 25.3. The van der Waals surface area contributed by atoms with E-state index in [1.807, 2.05) is 45.8 Å². The van der Waals surface area contributed by atoms with Crippen LogP contribution in [0.4, 0.5) is 10.1 Å². The number of sulfonamides is 1. The molecule has 2 aromatic carbocycles. The van der Waals surface area contributed by atoms with Crippen molar-refractivity contribution in [2.45, 2.75) is 26.2 Å². The van der Waals surface area contributed by atoms with E-state index in [0.29, 0.717) is 41.1 Å². The SMILES string of the molecule is COc1c(/C=C/c2ccc(NS(C)(=O)=O)cc2C(=O)N(C)CCN(C)C)cc(-c2cc(F)c[nH]c2=O)cc1C(C)(C)C. The van der Waals surface area contributed by atoms with Gasteiger partial charge in [-0.3, -0.25) is 14.3 Å². The van der Waals surface area contributed by atoms with Crippen molar-refractivity contribution in [2.24, 2.45) is 0 Å². The maximum atomic E-state index is 14.1. The minimum atomic E-state index is -3.57. The maximum Gasteiger partial charge on any atom is 0.256 e. The fourth-order valence-corrected chi connectivity index (χ4v) is 4.94. The van der Waals surface area contributed by atoms with Gasteiger partial charge in [-0.05, 0) is 61.0 Å². The first-order valence-corrected chi connectivity index (χ1v) is 15.2. The summed E-state index contributed by atoms with van der Waals surface area (Å²) in [5.41, 5.74) is 2.38. The van der Waals surface area contributed by atoms with Gasteiger partial charge in [-0.2, -0.15) is 0 Å². The standard InChI is InChI=1S/C31H39FN4O5S/c1-31(2,3)27-16-22(25-17-23(32)19-33-29(25)37)15-21(28(27)41-7)10-9-20-11-12-24(34-42(8,39)40)18-26(20)30(38)36(6)14-13-35(4)5/h9-12,15-19,34H,13-14H2,1-8H3,(H,33,37)/b10-9+. The molecule has 226 valence electrons. The summed E-state index contributed by atoms with van der Waals surface area (Å²) in [5, 5.41) is 0. The summed E-state index contributed by atoms with van der Waals surface area (Å²) in [5.74, 6) is -0.281. The highest BCUT2D eigenvalue weighted by molar-refractivity contribution is 7.92. The highest BCUT2D eigenvalue weighted by Crippen LogP contribution is 2.38. The number of H-pyrrole nitrogens is 1. The molecule has 0 saturated carbocycles. The first kappa shape index (κ1) is 32.6. The molecule has 3 rings (SSSR count). The third-order valence-electron chi connectivity index (χ3n) is 6.57. The van der Waals surface area contributed by atoms with E-state index >= 15 is 0 Å². The van der Waals surface area contributed by atoms with Crippen molar-refractivity contribution in [3.63, 3.8) is 0 Å². The fourth-order valence-electron chi connectivity index (χ4n) is 4.39. The number of hydrogen-bond acceptors (Lipinski definition) is 6. The molecule has 11 heteroatoms. The molecule has 0 bridgehead atoms.